The SMILES string of the molecule is COCCN(C)c1ccc(C(C)C)cn1. The van der Waals surface area contributed by atoms with Crippen LogP contribution >= 0.6 is 0 Å². The molecule has 0 saturated carbocycles. The van der Waals surface area contributed by atoms with Crippen LogP contribution in [0.1, 0.15) is 25.3 Å². The molecule has 15 heavy (non-hydrogen) atoms. The summed E-state index contributed by atoms with van der Waals surface area (Å²) in [5, 5.41) is 0. The van der Waals surface area contributed by atoms with Gasteiger partial charge in [0.05, 0.1) is 6.61 Å². The maximum absolute atomic E-state index is 5.03. The second kappa shape index (κ2) is 5.71. The van der Waals surface area contributed by atoms with Crippen LogP contribution in [0.5, 0.6) is 0 Å². The Labute approximate surface area is 92.1 Å². The number of likely N-dealkylation sites (N-methyl/N-ethyl adjacent to an activating group) is 1. The van der Waals surface area contributed by atoms with Crippen molar-refractivity contribution in [1.82, 2.24) is 4.98 Å². The number of ether oxygens (including phenoxy) is 1. The fourth-order valence-corrected chi connectivity index (χ4v) is 1.31. The number of hydrogen-bond donors (Lipinski definition) is 0. The molecule has 0 aliphatic carbocycles. The molecule has 0 aliphatic rings. The van der Waals surface area contributed by atoms with Gasteiger partial charge in [-0.15, -0.1) is 0 Å². The normalized spacial score (nSPS) is 10.7. The molecule has 0 bridgehead atoms. The van der Waals surface area contributed by atoms with Gasteiger partial charge in [0.2, 0.25) is 0 Å². The number of anilines is 1. The number of nitrogens with zero attached hydrogens (tertiary/aromatic N) is 2. The largest absolute Gasteiger partial charge is 0.383 e. The summed E-state index contributed by atoms with van der Waals surface area (Å²) in [6, 6.07) is 4.20. The van der Waals surface area contributed by atoms with Gasteiger partial charge in [-0.2, -0.15) is 0 Å². The second-order valence-electron chi connectivity index (χ2n) is 4.02. The highest BCUT2D eigenvalue weighted by molar-refractivity contribution is 5.38. The highest BCUT2D eigenvalue weighted by Crippen LogP contribution is 2.15. The van der Waals surface area contributed by atoms with Crippen molar-refractivity contribution in [3.63, 3.8) is 0 Å². The fourth-order valence-electron chi connectivity index (χ4n) is 1.31. The summed E-state index contributed by atoms with van der Waals surface area (Å²) in [7, 11) is 3.74. The van der Waals surface area contributed by atoms with Crippen LogP contribution in [0.4, 0.5) is 5.82 Å². The molecule has 1 heterocycles. The third kappa shape index (κ3) is 3.51. The fraction of sp³-hybridized carbons (Fsp3) is 0.583. The molecule has 84 valence electrons. The van der Waals surface area contributed by atoms with Crippen molar-refractivity contribution >= 4 is 5.82 Å². The molecule has 0 atom stereocenters. The number of aromatic nitrogens is 1. The molecule has 0 unspecified atom stereocenters. The van der Waals surface area contributed by atoms with Gasteiger partial charge in [0, 0.05) is 26.9 Å². The first-order chi connectivity index (χ1) is 7.15. The minimum Gasteiger partial charge on any atom is -0.383 e. The van der Waals surface area contributed by atoms with Gasteiger partial charge in [0.25, 0.3) is 0 Å². The molecular weight excluding hydrogens is 188 g/mol. The maximum atomic E-state index is 5.03. The number of rotatable bonds is 5. The van der Waals surface area contributed by atoms with Crippen LogP contribution in [-0.4, -0.2) is 32.3 Å². The summed E-state index contributed by atoms with van der Waals surface area (Å²) >= 11 is 0. The monoisotopic (exact) mass is 208 g/mol. The maximum Gasteiger partial charge on any atom is 0.128 e. The van der Waals surface area contributed by atoms with Crippen LogP contribution in [0.3, 0.4) is 0 Å². The Kier molecular flexibility index (Phi) is 4.56. The number of pyridine rings is 1. The third-order valence-corrected chi connectivity index (χ3v) is 2.46. The number of hydrogen-bond acceptors (Lipinski definition) is 3. The second-order valence-corrected chi connectivity index (χ2v) is 4.02. The van der Waals surface area contributed by atoms with Crippen LogP contribution in [0.15, 0.2) is 18.3 Å². The average molecular weight is 208 g/mol. The van der Waals surface area contributed by atoms with E-state index in [9.17, 15) is 0 Å². The molecule has 0 aliphatic heterocycles. The third-order valence-electron chi connectivity index (χ3n) is 2.46. The Morgan fingerprint density at radius 3 is 2.60 bits per heavy atom. The van der Waals surface area contributed by atoms with E-state index in [1.54, 1.807) is 7.11 Å². The van der Waals surface area contributed by atoms with Crippen molar-refractivity contribution < 1.29 is 4.74 Å². The summed E-state index contributed by atoms with van der Waals surface area (Å²) in [5.41, 5.74) is 1.28. The molecule has 3 heteroatoms. The smallest absolute Gasteiger partial charge is 0.128 e. The lowest BCUT2D eigenvalue weighted by molar-refractivity contribution is 0.206. The van der Waals surface area contributed by atoms with E-state index >= 15 is 0 Å². The van der Waals surface area contributed by atoms with E-state index in [4.69, 9.17) is 4.74 Å². The van der Waals surface area contributed by atoms with Gasteiger partial charge < -0.3 is 9.64 Å². The van der Waals surface area contributed by atoms with Gasteiger partial charge in [-0.3, -0.25) is 0 Å². The molecule has 3 nitrogen and oxygen atoms in total. The zero-order valence-corrected chi connectivity index (χ0v) is 10.0. The highest BCUT2D eigenvalue weighted by Gasteiger charge is 2.03. The first-order valence-corrected chi connectivity index (χ1v) is 5.31. The topological polar surface area (TPSA) is 25.4 Å². The zero-order chi connectivity index (χ0) is 11.3. The Morgan fingerprint density at radius 2 is 2.13 bits per heavy atom. The van der Waals surface area contributed by atoms with Crippen LogP contribution in [-0.2, 0) is 4.74 Å². The van der Waals surface area contributed by atoms with E-state index in [1.165, 1.54) is 5.56 Å². The van der Waals surface area contributed by atoms with Crippen molar-refractivity contribution in [3.05, 3.63) is 23.9 Å². The van der Waals surface area contributed by atoms with Gasteiger partial charge in [0.15, 0.2) is 0 Å². The molecule has 0 radical (unpaired) electrons. The first-order valence-electron chi connectivity index (χ1n) is 5.31. The molecule has 0 spiro atoms. The molecule has 0 N–H and O–H groups in total. The molecule has 1 aromatic rings. The van der Waals surface area contributed by atoms with Gasteiger partial charge in [0.1, 0.15) is 5.82 Å². The zero-order valence-electron chi connectivity index (χ0n) is 10.0. The van der Waals surface area contributed by atoms with Crippen molar-refractivity contribution in [1.29, 1.82) is 0 Å². The lowest BCUT2D eigenvalue weighted by atomic mass is 10.1. The summed E-state index contributed by atoms with van der Waals surface area (Å²) in [4.78, 5) is 6.51. The minimum atomic E-state index is 0.538. The van der Waals surface area contributed by atoms with Crippen molar-refractivity contribution in [2.45, 2.75) is 19.8 Å². The summed E-state index contributed by atoms with van der Waals surface area (Å²) in [6.07, 6.45) is 1.95. The molecule has 0 aromatic carbocycles. The van der Waals surface area contributed by atoms with Crippen LogP contribution in [0.2, 0.25) is 0 Å². The minimum absolute atomic E-state index is 0.538. The van der Waals surface area contributed by atoms with E-state index in [-0.39, 0.29) is 0 Å². The van der Waals surface area contributed by atoms with Crippen molar-refractivity contribution in [2.24, 2.45) is 0 Å². The van der Waals surface area contributed by atoms with E-state index < -0.39 is 0 Å². The highest BCUT2D eigenvalue weighted by atomic mass is 16.5. The van der Waals surface area contributed by atoms with Crippen molar-refractivity contribution in [3.8, 4) is 0 Å². The Morgan fingerprint density at radius 1 is 1.40 bits per heavy atom. The van der Waals surface area contributed by atoms with E-state index in [2.05, 4.69) is 35.9 Å². The quantitative estimate of drug-likeness (QED) is 0.742. The molecular formula is C12H20N2O. The van der Waals surface area contributed by atoms with Gasteiger partial charge >= 0.3 is 0 Å². The summed E-state index contributed by atoms with van der Waals surface area (Å²) in [5.74, 6) is 1.53. The molecule has 1 rings (SSSR count). The van der Waals surface area contributed by atoms with Crippen LogP contribution in [0, 0.1) is 0 Å². The molecule has 0 amide bonds. The lowest BCUT2D eigenvalue weighted by Gasteiger charge is -2.18. The van der Waals surface area contributed by atoms with E-state index in [0.717, 1.165) is 19.0 Å². The molecule has 0 fully saturated rings. The lowest BCUT2D eigenvalue weighted by Crippen LogP contribution is -2.22. The standard InChI is InChI=1S/C12H20N2O/c1-10(2)11-5-6-12(13-9-11)14(3)7-8-15-4/h5-6,9-10H,7-8H2,1-4H3. The number of methoxy groups -OCH3 is 1. The van der Waals surface area contributed by atoms with Crippen LogP contribution < -0.4 is 4.90 Å². The average Bonchev–Trinajstić information content (AvgIpc) is 2.26. The van der Waals surface area contributed by atoms with Crippen LogP contribution in [0.25, 0.3) is 0 Å². The molecule has 0 saturated heterocycles. The predicted octanol–water partition coefficient (Wildman–Crippen LogP) is 2.29. The van der Waals surface area contributed by atoms with E-state index in [0.29, 0.717) is 5.92 Å². The first kappa shape index (κ1) is 12.0. The Bertz CT molecular complexity index is 282. The van der Waals surface area contributed by atoms with Crippen molar-refractivity contribution in [2.75, 3.05) is 32.2 Å². The van der Waals surface area contributed by atoms with E-state index in [1.807, 2.05) is 13.2 Å². The predicted molar refractivity (Wildman–Crippen MR) is 63.5 cm³/mol. The Balaban J connectivity index is 2.62. The molecule has 1 aromatic heterocycles. The van der Waals surface area contributed by atoms with Gasteiger partial charge in [-0.25, -0.2) is 4.98 Å². The van der Waals surface area contributed by atoms with Gasteiger partial charge in [-0.05, 0) is 17.5 Å². The summed E-state index contributed by atoms with van der Waals surface area (Å²) in [6.45, 7) is 5.94. The summed E-state index contributed by atoms with van der Waals surface area (Å²) < 4.78 is 5.03. The van der Waals surface area contributed by atoms with Gasteiger partial charge in [-0.1, -0.05) is 19.9 Å². The Hall–Kier alpha value is -1.09.